The van der Waals surface area contributed by atoms with Crippen molar-refractivity contribution in [3.8, 4) is 0 Å². The molecule has 0 saturated heterocycles. The molecule has 0 unspecified atom stereocenters. The SMILES string of the molecule is Cc1ccc(N(C(=O)CCN(C)Cc2ccc(F)cc2F)[C@@H]2C=CS(=O)(=O)C2)cc1C. The second-order valence-electron chi connectivity index (χ2n) is 7.98. The van der Waals surface area contributed by atoms with E-state index in [1.807, 2.05) is 32.0 Å². The molecule has 2 aromatic rings. The van der Waals surface area contributed by atoms with Crippen molar-refractivity contribution >= 4 is 21.4 Å². The van der Waals surface area contributed by atoms with Crippen LogP contribution in [-0.4, -0.2) is 44.6 Å². The summed E-state index contributed by atoms with van der Waals surface area (Å²) in [6.07, 6.45) is 1.66. The van der Waals surface area contributed by atoms with Gasteiger partial charge in [-0.2, -0.15) is 0 Å². The van der Waals surface area contributed by atoms with Crippen molar-refractivity contribution < 1.29 is 22.0 Å². The molecule has 0 saturated carbocycles. The zero-order chi connectivity index (χ0) is 22.8. The molecule has 166 valence electrons. The summed E-state index contributed by atoms with van der Waals surface area (Å²) in [7, 11) is -1.59. The molecule has 0 bridgehead atoms. The summed E-state index contributed by atoms with van der Waals surface area (Å²) in [6, 6.07) is 8.45. The Balaban J connectivity index is 1.73. The molecule has 0 spiro atoms. The summed E-state index contributed by atoms with van der Waals surface area (Å²) < 4.78 is 50.9. The number of anilines is 1. The van der Waals surface area contributed by atoms with E-state index in [2.05, 4.69) is 0 Å². The summed E-state index contributed by atoms with van der Waals surface area (Å²) in [5.74, 6) is -1.64. The predicted octanol–water partition coefficient (Wildman–Crippen LogP) is 3.75. The van der Waals surface area contributed by atoms with Gasteiger partial charge >= 0.3 is 0 Å². The number of carbonyl (C=O) groups excluding carboxylic acids is 1. The maximum Gasteiger partial charge on any atom is 0.228 e. The number of aryl methyl sites for hydroxylation is 2. The Morgan fingerprint density at radius 2 is 1.84 bits per heavy atom. The van der Waals surface area contributed by atoms with Crippen LogP contribution in [0, 0.1) is 25.5 Å². The van der Waals surface area contributed by atoms with Gasteiger partial charge in [-0.05, 0) is 56.3 Å². The number of carbonyl (C=O) groups is 1. The van der Waals surface area contributed by atoms with Crippen LogP contribution in [-0.2, 0) is 21.2 Å². The first kappa shape index (κ1) is 23.1. The van der Waals surface area contributed by atoms with Gasteiger partial charge in [-0.3, -0.25) is 4.79 Å². The molecule has 0 aliphatic carbocycles. The normalized spacial score (nSPS) is 17.3. The average molecular weight is 449 g/mol. The third-order valence-corrected chi connectivity index (χ3v) is 6.82. The lowest BCUT2D eigenvalue weighted by molar-refractivity contribution is -0.119. The maximum absolute atomic E-state index is 13.9. The molecule has 0 radical (unpaired) electrons. The topological polar surface area (TPSA) is 57.7 Å². The van der Waals surface area contributed by atoms with Crippen LogP contribution in [0.4, 0.5) is 14.5 Å². The molecule has 0 N–H and O–H groups in total. The van der Waals surface area contributed by atoms with Gasteiger partial charge in [-0.15, -0.1) is 0 Å². The minimum Gasteiger partial charge on any atom is -0.304 e. The van der Waals surface area contributed by atoms with Gasteiger partial charge in [-0.25, -0.2) is 17.2 Å². The Labute approximate surface area is 181 Å². The Bertz CT molecular complexity index is 1120. The first-order valence-corrected chi connectivity index (χ1v) is 11.7. The van der Waals surface area contributed by atoms with Gasteiger partial charge in [-0.1, -0.05) is 12.1 Å². The van der Waals surface area contributed by atoms with Gasteiger partial charge in [0.25, 0.3) is 0 Å². The van der Waals surface area contributed by atoms with Crippen molar-refractivity contribution in [3.63, 3.8) is 0 Å². The fourth-order valence-corrected chi connectivity index (χ4v) is 4.81. The maximum atomic E-state index is 13.9. The minimum absolute atomic E-state index is 0.122. The smallest absolute Gasteiger partial charge is 0.228 e. The number of amides is 1. The lowest BCUT2D eigenvalue weighted by Gasteiger charge is -2.29. The highest BCUT2D eigenvalue weighted by atomic mass is 32.2. The van der Waals surface area contributed by atoms with Crippen LogP contribution in [0.3, 0.4) is 0 Å². The van der Waals surface area contributed by atoms with E-state index in [-0.39, 0.29) is 24.6 Å². The van der Waals surface area contributed by atoms with Gasteiger partial charge in [0.05, 0.1) is 11.8 Å². The zero-order valence-corrected chi connectivity index (χ0v) is 18.6. The summed E-state index contributed by atoms with van der Waals surface area (Å²) in [6.45, 7) is 4.46. The summed E-state index contributed by atoms with van der Waals surface area (Å²) in [5.41, 5.74) is 3.06. The summed E-state index contributed by atoms with van der Waals surface area (Å²) in [5, 5.41) is 1.16. The molecule has 1 aliphatic heterocycles. The monoisotopic (exact) mass is 448 g/mol. The van der Waals surface area contributed by atoms with Gasteiger partial charge in [0, 0.05) is 42.2 Å². The van der Waals surface area contributed by atoms with Crippen molar-refractivity contribution in [1.82, 2.24) is 4.90 Å². The van der Waals surface area contributed by atoms with Gasteiger partial charge in [0.2, 0.25) is 5.91 Å². The zero-order valence-electron chi connectivity index (χ0n) is 17.8. The van der Waals surface area contributed by atoms with E-state index in [9.17, 15) is 22.0 Å². The minimum atomic E-state index is -3.34. The lowest BCUT2D eigenvalue weighted by atomic mass is 10.1. The molecule has 31 heavy (non-hydrogen) atoms. The molecule has 8 heteroatoms. The fourth-order valence-electron chi connectivity index (χ4n) is 3.54. The van der Waals surface area contributed by atoms with Crippen LogP contribution >= 0.6 is 0 Å². The standard InChI is InChI=1S/C23H26F2N2O3S/c1-16-4-7-20(12-17(16)2)27(21-9-11-31(29,30)15-21)23(28)8-10-26(3)14-18-5-6-19(24)13-22(18)25/h4-7,9,11-13,21H,8,10,14-15H2,1-3H3/t21-/m1/s1. The second kappa shape index (κ2) is 9.28. The molecule has 1 amide bonds. The summed E-state index contributed by atoms with van der Waals surface area (Å²) in [4.78, 5) is 16.5. The van der Waals surface area contributed by atoms with E-state index < -0.39 is 27.5 Å². The number of benzene rings is 2. The lowest BCUT2D eigenvalue weighted by Crippen LogP contribution is -2.42. The Hall–Kier alpha value is -2.58. The third kappa shape index (κ3) is 5.77. The number of sulfone groups is 1. The largest absolute Gasteiger partial charge is 0.304 e. The van der Waals surface area contributed by atoms with Crippen molar-refractivity contribution in [3.05, 3.63) is 76.2 Å². The molecule has 1 heterocycles. The van der Waals surface area contributed by atoms with Crippen LogP contribution in [0.25, 0.3) is 0 Å². The molecule has 3 rings (SSSR count). The van der Waals surface area contributed by atoms with Crippen molar-refractivity contribution in [2.75, 3.05) is 24.2 Å². The summed E-state index contributed by atoms with van der Waals surface area (Å²) >= 11 is 0. The highest BCUT2D eigenvalue weighted by molar-refractivity contribution is 7.94. The molecule has 1 aliphatic rings. The van der Waals surface area contributed by atoms with Crippen molar-refractivity contribution in [2.24, 2.45) is 0 Å². The van der Waals surface area contributed by atoms with Crippen molar-refractivity contribution in [1.29, 1.82) is 0 Å². The fraction of sp³-hybridized carbons (Fsp3) is 0.348. The van der Waals surface area contributed by atoms with Gasteiger partial charge in [0.1, 0.15) is 11.6 Å². The van der Waals surface area contributed by atoms with Crippen LogP contribution in [0.2, 0.25) is 0 Å². The highest BCUT2D eigenvalue weighted by Crippen LogP contribution is 2.26. The van der Waals surface area contributed by atoms with E-state index in [0.717, 1.165) is 22.6 Å². The molecular weight excluding hydrogens is 422 g/mol. The number of rotatable bonds is 7. The molecule has 0 aromatic heterocycles. The van der Waals surface area contributed by atoms with E-state index in [4.69, 9.17) is 0 Å². The van der Waals surface area contributed by atoms with Crippen LogP contribution in [0.1, 0.15) is 23.1 Å². The van der Waals surface area contributed by atoms with Crippen molar-refractivity contribution in [2.45, 2.75) is 32.9 Å². The number of halogens is 2. The molecule has 1 atom stereocenters. The van der Waals surface area contributed by atoms with Crippen LogP contribution < -0.4 is 4.90 Å². The van der Waals surface area contributed by atoms with E-state index >= 15 is 0 Å². The first-order chi connectivity index (χ1) is 14.6. The van der Waals surface area contributed by atoms with Crippen LogP contribution in [0.15, 0.2) is 47.9 Å². The first-order valence-electron chi connectivity index (χ1n) is 9.98. The number of hydrogen-bond donors (Lipinski definition) is 0. The van der Waals surface area contributed by atoms with Gasteiger partial charge in [0.15, 0.2) is 9.84 Å². The highest BCUT2D eigenvalue weighted by Gasteiger charge is 2.31. The molecule has 0 fully saturated rings. The Kier molecular flexibility index (Phi) is 6.91. The second-order valence-corrected chi connectivity index (χ2v) is 9.91. The predicted molar refractivity (Wildman–Crippen MR) is 117 cm³/mol. The number of nitrogens with zero attached hydrogens (tertiary/aromatic N) is 2. The van der Waals surface area contributed by atoms with E-state index in [1.165, 1.54) is 17.0 Å². The Morgan fingerprint density at radius 3 is 2.45 bits per heavy atom. The number of hydrogen-bond acceptors (Lipinski definition) is 4. The molecule has 5 nitrogen and oxygen atoms in total. The Morgan fingerprint density at radius 1 is 1.10 bits per heavy atom. The molecule has 2 aromatic carbocycles. The van der Waals surface area contributed by atoms with E-state index in [0.29, 0.717) is 17.8 Å². The van der Waals surface area contributed by atoms with Gasteiger partial charge < -0.3 is 9.80 Å². The molecular formula is C23H26F2N2O3S. The van der Waals surface area contributed by atoms with E-state index in [1.54, 1.807) is 18.0 Å². The third-order valence-electron chi connectivity index (χ3n) is 5.44. The van der Waals surface area contributed by atoms with Crippen LogP contribution in [0.5, 0.6) is 0 Å². The quantitative estimate of drug-likeness (QED) is 0.648. The average Bonchev–Trinajstić information content (AvgIpc) is 3.04.